The summed E-state index contributed by atoms with van der Waals surface area (Å²) < 4.78 is 45.9. The predicted molar refractivity (Wildman–Crippen MR) is 162 cm³/mol. The van der Waals surface area contributed by atoms with E-state index in [4.69, 9.17) is 4.74 Å². The standard InChI is InChI=1S/C32H31FN4O4S/c1-3-4-14-41-29-18-26-28(17-25(29)21-6-5-7-23(16-21)42(33,39)40)37(22-10-12-36(2)13-11-22)32-30(31(26)38)24-9-8-20(19-34)15-27(24)35-32/h5-9,15-18,22,35H,3-4,10-14H2,1-2H3. The summed E-state index contributed by atoms with van der Waals surface area (Å²) in [5.41, 5.74) is 3.45. The summed E-state index contributed by atoms with van der Waals surface area (Å²) in [6.07, 6.45) is 3.42. The van der Waals surface area contributed by atoms with Gasteiger partial charge in [-0.15, -0.1) is 3.89 Å². The van der Waals surface area contributed by atoms with Gasteiger partial charge in [0.1, 0.15) is 11.4 Å². The van der Waals surface area contributed by atoms with Crippen molar-refractivity contribution in [3.8, 4) is 22.9 Å². The van der Waals surface area contributed by atoms with Crippen LogP contribution in [-0.4, -0.2) is 49.6 Å². The van der Waals surface area contributed by atoms with Gasteiger partial charge in [-0.3, -0.25) is 4.79 Å². The van der Waals surface area contributed by atoms with E-state index in [-0.39, 0.29) is 11.5 Å². The van der Waals surface area contributed by atoms with Crippen molar-refractivity contribution >= 4 is 43.1 Å². The van der Waals surface area contributed by atoms with Crippen LogP contribution in [-0.2, 0) is 10.2 Å². The highest BCUT2D eigenvalue weighted by Gasteiger charge is 2.26. The van der Waals surface area contributed by atoms with Crippen LogP contribution < -0.4 is 10.2 Å². The molecule has 216 valence electrons. The van der Waals surface area contributed by atoms with E-state index in [1.165, 1.54) is 18.2 Å². The highest BCUT2D eigenvalue weighted by atomic mass is 32.3. The van der Waals surface area contributed by atoms with Gasteiger partial charge in [-0.05, 0) is 81.4 Å². The van der Waals surface area contributed by atoms with Crippen molar-refractivity contribution in [1.29, 1.82) is 5.26 Å². The molecule has 3 heterocycles. The van der Waals surface area contributed by atoms with Gasteiger partial charge in [0.2, 0.25) is 0 Å². The Kier molecular flexibility index (Phi) is 7.25. The lowest BCUT2D eigenvalue weighted by Crippen LogP contribution is -2.32. The minimum Gasteiger partial charge on any atom is -0.493 e. The molecule has 0 atom stereocenters. The third-order valence-corrected chi connectivity index (χ3v) is 9.03. The van der Waals surface area contributed by atoms with Crippen LogP contribution in [0, 0.1) is 11.3 Å². The lowest BCUT2D eigenvalue weighted by molar-refractivity contribution is 0.226. The van der Waals surface area contributed by atoms with Crippen LogP contribution >= 0.6 is 0 Å². The summed E-state index contributed by atoms with van der Waals surface area (Å²) in [6, 6.07) is 16.9. The first-order valence-electron chi connectivity index (χ1n) is 14.1. The molecule has 10 heteroatoms. The van der Waals surface area contributed by atoms with E-state index in [1.54, 1.807) is 24.3 Å². The maximum atomic E-state index is 14.2. The van der Waals surface area contributed by atoms with Crippen molar-refractivity contribution in [2.24, 2.45) is 0 Å². The number of aromatic nitrogens is 2. The molecular formula is C32H31FN4O4S. The number of nitrogens with zero attached hydrogens (tertiary/aromatic N) is 3. The number of piperidine rings is 1. The van der Waals surface area contributed by atoms with Crippen LogP contribution in [0.15, 0.2) is 64.3 Å². The van der Waals surface area contributed by atoms with Gasteiger partial charge >= 0.3 is 10.2 Å². The summed E-state index contributed by atoms with van der Waals surface area (Å²) in [4.78, 5) is 19.5. The lowest BCUT2D eigenvalue weighted by Gasteiger charge is -2.32. The Hall–Kier alpha value is -4.20. The Morgan fingerprint density at radius 1 is 1.10 bits per heavy atom. The number of ether oxygens (including phenoxy) is 1. The number of nitrogens with one attached hydrogen (secondary N) is 1. The van der Waals surface area contributed by atoms with Crippen LogP contribution in [0.3, 0.4) is 0 Å². The number of hydrogen-bond donors (Lipinski definition) is 1. The average molecular weight is 587 g/mol. The number of fused-ring (bicyclic) bond motifs is 4. The first-order chi connectivity index (χ1) is 20.2. The first-order valence-corrected chi connectivity index (χ1v) is 15.5. The molecule has 0 amide bonds. The third-order valence-electron chi connectivity index (χ3n) is 8.21. The zero-order valence-corrected chi connectivity index (χ0v) is 24.3. The number of benzene rings is 3. The third kappa shape index (κ3) is 4.93. The van der Waals surface area contributed by atoms with E-state index in [0.29, 0.717) is 56.5 Å². The smallest absolute Gasteiger partial charge is 0.332 e. The van der Waals surface area contributed by atoms with Crippen LogP contribution in [0.2, 0.25) is 0 Å². The zero-order valence-electron chi connectivity index (χ0n) is 23.5. The Balaban J connectivity index is 1.70. The molecule has 6 rings (SSSR count). The second kappa shape index (κ2) is 10.9. The Morgan fingerprint density at radius 2 is 1.88 bits per heavy atom. The molecule has 8 nitrogen and oxygen atoms in total. The Labute approximate surface area is 243 Å². The molecular weight excluding hydrogens is 555 g/mol. The minimum atomic E-state index is -4.92. The summed E-state index contributed by atoms with van der Waals surface area (Å²) >= 11 is 0. The maximum absolute atomic E-state index is 14.2. The van der Waals surface area contributed by atoms with Gasteiger partial charge in [-0.2, -0.15) is 13.7 Å². The fourth-order valence-electron chi connectivity index (χ4n) is 5.99. The predicted octanol–water partition coefficient (Wildman–Crippen LogP) is 6.28. The summed E-state index contributed by atoms with van der Waals surface area (Å²) in [5.74, 6) is 0.433. The van der Waals surface area contributed by atoms with Crippen molar-refractivity contribution in [3.05, 3.63) is 70.4 Å². The highest BCUT2D eigenvalue weighted by Crippen LogP contribution is 2.39. The molecule has 0 radical (unpaired) electrons. The van der Waals surface area contributed by atoms with Crippen LogP contribution in [0.1, 0.15) is 44.2 Å². The molecule has 1 saturated heterocycles. The van der Waals surface area contributed by atoms with Crippen molar-refractivity contribution < 1.29 is 17.0 Å². The van der Waals surface area contributed by atoms with E-state index in [9.17, 15) is 22.4 Å². The second-order valence-electron chi connectivity index (χ2n) is 11.0. The number of unbranched alkanes of at least 4 members (excludes halogenated alkanes) is 1. The van der Waals surface area contributed by atoms with E-state index >= 15 is 0 Å². The van der Waals surface area contributed by atoms with Gasteiger partial charge in [0.25, 0.3) is 0 Å². The fourth-order valence-corrected chi connectivity index (χ4v) is 6.50. The zero-order chi connectivity index (χ0) is 29.6. The summed E-state index contributed by atoms with van der Waals surface area (Å²) in [5, 5.41) is 11.3. The molecule has 42 heavy (non-hydrogen) atoms. The van der Waals surface area contributed by atoms with Crippen molar-refractivity contribution in [2.75, 3.05) is 26.7 Å². The van der Waals surface area contributed by atoms with Crippen molar-refractivity contribution in [3.63, 3.8) is 0 Å². The SMILES string of the molecule is CCCCOc1cc2c(=O)c3c4ccc(C#N)cc4[nH]c3n(C3CCN(C)CC3)c2cc1-c1cccc(S(=O)(=O)F)c1. The van der Waals surface area contributed by atoms with Gasteiger partial charge in [0.15, 0.2) is 5.43 Å². The molecule has 1 aliphatic heterocycles. The van der Waals surface area contributed by atoms with Crippen LogP contribution in [0.25, 0.3) is 44.0 Å². The van der Waals surface area contributed by atoms with E-state index in [2.05, 4.69) is 27.6 Å². The lowest BCUT2D eigenvalue weighted by atomic mass is 9.98. The minimum absolute atomic E-state index is 0.0764. The maximum Gasteiger partial charge on any atom is 0.332 e. The molecule has 5 aromatic rings. The molecule has 0 saturated carbocycles. The quantitative estimate of drug-likeness (QED) is 0.178. The number of aromatic amines is 1. The molecule has 0 aliphatic carbocycles. The number of halogens is 1. The van der Waals surface area contributed by atoms with E-state index in [0.717, 1.165) is 44.2 Å². The molecule has 0 bridgehead atoms. The van der Waals surface area contributed by atoms with Crippen LogP contribution in [0.4, 0.5) is 3.89 Å². The van der Waals surface area contributed by atoms with Gasteiger partial charge in [-0.1, -0.05) is 31.5 Å². The van der Waals surface area contributed by atoms with E-state index in [1.807, 2.05) is 19.1 Å². The van der Waals surface area contributed by atoms with Gasteiger partial charge in [0.05, 0.1) is 39.4 Å². The van der Waals surface area contributed by atoms with Gasteiger partial charge < -0.3 is 19.2 Å². The average Bonchev–Trinajstić information content (AvgIpc) is 3.36. The monoisotopic (exact) mass is 586 g/mol. The summed E-state index contributed by atoms with van der Waals surface area (Å²) in [7, 11) is -2.84. The largest absolute Gasteiger partial charge is 0.493 e. The number of rotatable bonds is 7. The highest BCUT2D eigenvalue weighted by molar-refractivity contribution is 7.86. The number of nitriles is 1. The second-order valence-corrected chi connectivity index (χ2v) is 12.3. The topological polar surface area (TPSA) is 108 Å². The molecule has 0 unspecified atom stereocenters. The van der Waals surface area contributed by atoms with Crippen molar-refractivity contribution in [2.45, 2.75) is 43.5 Å². The first kappa shape index (κ1) is 27.9. The van der Waals surface area contributed by atoms with E-state index < -0.39 is 15.1 Å². The molecule has 1 N–H and O–H groups in total. The number of hydrogen-bond acceptors (Lipinski definition) is 6. The molecule has 0 spiro atoms. The Morgan fingerprint density at radius 3 is 2.60 bits per heavy atom. The molecule has 1 aliphatic rings. The normalized spacial score (nSPS) is 15.0. The number of H-pyrrole nitrogens is 1. The van der Waals surface area contributed by atoms with Crippen molar-refractivity contribution in [1.82, 2.24) is 14.5 Å². The summed E-state index contributed by atoms with van der Waals surface area (Å²) in [6.45, 7) is 4.23. The Bertz CT molecular complexity index is 2050. The van der Waals surface area contributed by atoms with Gasteiger partial charge in [0, 0.05) is 22.5 Å². The van der Waals surface area contributed by atoms with Crippen LogP contribution in [0.5, 0.6) is 5.75 Å². The van der Waals surface area contributed by atoms with Gasteiger partial charge in [-0.25, -0.2) is 0 Å². The molecule has 3 aromatic carbocycles. The fraction of sp³-hybridized carbons (Fsp3) is 0.312. The molecule has 1 fully saturated rings. The number of likely N-dealkylation sites (tertiary alicyclic amines) is 1. The molecule has 2 aromatic heterocycles. The number of pyridine rings is 1.